The van der Waals surface area contributed by atoms with E-state index in [4.69, 9.17) is 4.74 Å². The molecule has 0 atom stereocenters. The summed E-state index contributed by atoms with van der Waals surface area (Å²) < 4.78 is 20.2. The van der Waals surface area contributed by atoms with Gasteiger partial charge in [-0.2, -0.15) is 0 Å². The average Bonchev–Trinajstić information content (AvgIpc) is 2.83. The van der Waals surface area contributed by atoms with E-state index >= 15 is 0 Å². The number of hydrogen-bond donors (Lipinski definition) is 1. The highest BCUT2D eigenvalue weighted by molar-refractivity contribution is 5.35. The molecule has 0 saturated carbocycles. The number of hydrogen-bond acceptors (Lipinski definition) is 4. The Kier molecular flexibility index (Phi) is 4.59. The van der Waals surface area contributed by atoms with Crippen LogP contribution in [0.25, 0.3) is 5.69 Å². The van der Waals surface area contributed by atoms with Gasteiger partial charge in [0, 0.05) is 20.2 Å². The minimum absolute atomic E-state index is 0.302. The molecule has 0 spiro atoms. The van der Waals surface area contributed by atoms with Crippen LogP contribution in [0.15, 0.2) is 24.4 Å². The van der Waals surface area contributed by atoms with Crippen molar-refractivity contribution < 1.29 is 9.13 Å². The minimum Gasteiger partial charge on any atom is -0.383 e. The molecule has 0 amide bonds. The summed E-state index contributed by atoms with van der Waals surface area (Å²) in [6.45, 7) is 3.80. The van der Waals surface area contributed by atoms with E-state index in [1.165, 1.54) is 10.7 Å². The van der Waals surface area contributed by atoms with Crippen LogP contribution in [0.5, 0.6) is 0 Å². The van der Waals surface area contributed by atoms with Crippen molar-refractivity contribution in [3.05, 3.63) is 41.5 Å². The summed E-state index contributed by atoms with van der Waals surface area (Å²) in [5.41, 5.74) is 2.04. The largest absolute Gasteiger partial charge is 0.383 e. The maximum Gasteiger partial charge on any atom is 0.149 e. The first-order valence-corrected chi connectivity index (χ1v) is 6.08. The van der Waals surface area contributed by atoms with Gasteiger partial charge in [0.15, 0.2) is 0 Å². The van der Waals surface area contributed by atoms with Crippen molar-refractivity contribution in [1.29, 1.82) is 0 Å². The zero-order chi connectivity index (χ0) is 13.7. The van der Waals surface area contributed by atoms with Gasteiger partial charge in [-0.25, -0.2) is 9.07 Å². The third-order valence-corrected chi connectivity index (χ3v) is 2.68. The molecule has 5 nitrogen and oxygen atoms in total. The van der Waals surface area contributed by atoms with E-state index < -0.39 is 0 Å². The fourth-order valence-electron chi connectivity index (χ4n) is 1.69. The smallest absolute Gasteiger partial charge is 0.149 e. The summed E-state index contributed by atoms with van der Waals surface area (Å²) in [5.74, 6) is -0.302. The molecule has 0 aliphatic carbocycles. The Morgan fingerprint density at radius 1 is 1.42 bits per heavy atom. The molecule has 6 heteroatoms. The zero-order valence-corrected chi connectivity index (χ0v) is 11.1. The quantitative estimate of drug-likeness (QED) is 0.802. The topological polar surface area (TPSA) is 52.0 Å². The van der Waals surface area contributed by atoms with Crippen LogP contribution in [0.4, 0.5) is 4.39 Å². The Bertz CT molecular complexity index is 541. The van der Waals surface area contributed by atoms with Crippen molar-refractivity contribution in [3.8, 4) is 5.69 Å². The van der Waals surface area contributed by atoms with E-state index in [9.17, 15) is 4.39 Å². The number of benzene rings is 1. The first-order valence-electron chi connectivity index (χ1n) is 6.08. The molecule has 102 valence electrons. The Labute approximate surface area is 111 Å². The molecule has 2 aromatic rings. The van der Waals surface area contributed by atoms with Gasteiger partial charge in [-0.1, -0.05) is 11.3 Å². The van der Waals surface area contributed by atoms with Gasteiger partial charge < -0.3 is 10.1 Å². The van der Waals surface area contributed by atoms with Crippen molar-refractivity contribution in [2.75, 3.05) is 20.3 Å². The van der Waals surface area contributed by atoms with Crippen LogP contribution in [0, 0.1) is 12.7 Å². The van der Waals surface area contributed by atoms with E-state index in [-0.39, 0.29) is 5.82 Å². The SMILES string of the molecule is COCCNCc1cn(-c2ccc(C)cc2F)nn1. The van der Waals surface area contributed by atoms with Crippen molar-refractivity contribution in [3.63, 3.8) is 0 Å². The van der Waals surface area contributed by atoms with Crippen molar-refractivity contribution in [2.24, 2.45) is 0 Å². The lowest BCUT2D eigenvalue weighted by molar-refractivity contribution is 0.199. The summed E-state index contributed by atoms with van der Waals surface area (Å²) in [5, 5.41) is 11.1. The number of halogens is 1. The zero-order valence-electron chi connectivity index (χ0n) is 11.1. The molecular formula is C13H17FN4O. The Hall–Kier alpha value is -1.79. The standard InChI is InChI=1S/C13H17FN4O/c1-10-3-4-13(12(14)7-10)18-9-11(16-17-18)8-15-5-6-19-2/h3-4,7,9,15H,5-6,8H2,1-2H3. The van der Waals surface area contributed by atoms with Gasteiger partial charge in [-0.15, -0.1) is 5.10 Å². The van der Waals surface area contributed by atoms with Gasteiger partial charge >= 0.3 is 0 Å². The van der Waals surface area contributed by atoms with Crippen LogP contribution in [0.2, 0.25) is 0 Å². The molecule has 0 radical (unpaired) electrons. The molecule has 0 saturated heterocycles. The van der Waals surface area contributed by atoms with Gasteiger partial charge in [0.2, 0.25) is 0 Å². The molecule has 0 aliphatic heterocycles. The van der Waals surface area contributed by atoms with Gasteiger partial charge in [0.1, 0.15) is 11.5 Å². The molecule has 0 unspecified atom stereocenters. The molecule has 1 aromatic carbocycles. The summed E-state index contributed by atoms with van der Waals surface area (Å²) in [6, 6.07) is 5.02. The maximum atomic E-state index is 13.8. The number of methoxy groups -OCH3 is 1. The lowest BCUT2D eigenvalue weighted by Gasteiger charge is -2.02. The Balaban J connectivity index is 2.04. The number of ether oxygens (including phenoxy) is 1. The summed E-state index contributed by atoms with van der Waals surface area (Å²) >= 11 is 0. The molecule has 1 heterocycles. The first kappa shape index (κ1) is 13.6. The Morgan fingerprint density at radius 3 is 3.00 bits per heavy atom. The molecule has 1 N–H and O–H groups in total. The predicted octanol–water partition coefficient (Wildman–Crippen LogP) is 1.45. The van der Waals surface area contributed by atoms with Crippen LogP contribution in [-0.2, 0) is 11.3 Å². The second kappa shape index (κ2) is 6.40. The summed E-state index contributed by atoms with van der Waals surface area (Å²) in [4.78, 5) is 0. The molecule has 0 aliphatic rings. The minimum atomic E-state index is -0.302. The maximum absolute atomic E-state index is 13.8. The van der Waals surface area contributed by atoms with E-state index in [0.29, 0.717) is 18.8 Å². The fourth-order valence-corrected chi connectivity index (χ4v) is 1.69. The number of nitrogens with zero attached hydrogens (tertiary/aromatic N) is 3. The lowest BCUT2D eigenvalue weighted by Crippen LogP contribution is -2.18. The monoisotopic (exact) mass is 264 g/mol. The number of rotatable bonds is 6. The highest BCUT2D eigenvalue weighted by Gasteiger charge is 2.07. The van der Waals surface area contributed by atoms with Crippen molar-refractivity contribution >= 4 is 0 Å². The van der Waals surface area contributed by atoms with E-state index in [2.05, 4.69) is 15.6 Å². The van der Waals surface area contributed by atoms with Gasteiger partial charge in [0.05, 0.1) is 18.5 Å². The third kappa shape index (κ3) is 3.59. The van der Waals surface area contributed by atoms with E-state index in [1.807, 2.05) is 13.0 Å². The second-order valence-corrected chi connectivity index (χ2v) is 4.28. The molecule has 19 heavy (non-hydrogen) atoms. The van der Waals surface area contributed by atoms with Crippen molar-refractivity contribution in [1.82, 2.24) is 20.3 Å². The predicted molar refractivity (Wildman–Crippen MR) is 69.6 cm³/mol. The fraction of sp³-hybridized carbons (Fsp3) is 0.385. The number of nitrogens with one attached hydrogen (secondary N) is 1. The number of aromatic nitrogens is 3. The van der Waals surface area contributed by atoms with Crippen LogP contribution in [-0.4, -0.2) is 35.3 Å². The van der Waals surface area contributed by atoms with E-state index in [1.54, 1.807) is 19.4 Å². The summed E-state index contributed by atoms with van der Waals surface area (Å²) in [6.07, 6.45) is 1.72. The molecule has 2 rings (SSSR count). The molecule has 0 fully saturated rings. The van der Waals surface area contributed by atoms with Gasteiger partial charge in [0.25, 0.3) is 0 Å². The Morgan fingerprint density at radius 2 is 2.26 bits per heavy atom. The lowest BCUT2D eigenvalue weighted by atomic mass is 10.2. The highest BCUT2D eigenvalue weighted by Crippen LogP contribution is 2.13. The number of aryl methyl sites for hydroxylation is 1. The van der Waals surface area contributed by atoms with Gasteiger partial charge in [-0.3, -0.25) is 0 Å². The van der Waals surface area contributed by atoms with E-state index in [0.717, 1.165) is 17.8 Å². The summed E-state index contributed by atoms with van der Waals surface area (Å²) in [7, 11) is 1.65. The van der Waals surface area contributed by atoms with Crippen LogP contribution >= 0.6 is 0 Å². The van der Waals surface area contributed by atoms with Gasteiger partial charge in [-0.05, 0) is 24.6 Å². The molecular weight excluding hydrogens is 247 g/mol. The van der Waals surface area contributed by atoms with Crippen molar-refractivity contribution in [2.45, 2.75) is 13.5 Å². The normalized spacial score (nSPS) is 10.9. The molecule has 0 bridgehead atoms. The third-order valence-electron chi connectivity index (χ3n) is 2.68. The second-order valence-electron chi connectivity index (χ2n) is 4.28. The first-order chi connectivity index (χ1) is 9.20. The average molecular weight is 264 g/mol. The van der Waals surface area contributed by atoms with Crippen LogP contribution in [0.3, 0.4) is 0 Å². The molecule has 1 aromatic heterocycles. The van der Waals surface area contributed by atoms with Crippen LogP contribution < -0.4 is 5.32 Å². The highest BCUT2D eigenvalue weighted by atomic mass is 19.1. The van der Waals surface area contributed by atoms with Crippen LogP contribution in [0.1, 0.15) is 11.3 Å².